The second-order valence-electron chi connectivity index (χ2n) is 6.65. The van der Waals surface area contributed by atoms with Crippen molar-refractivity contribution in [1.29, 1.82) is 0 Å². The average molecular weight is 288 g/mol. The minimum absolute atomic E-state index is 0.214. The number of rotatable bonds is 5. The highest BCUT2D eigenvalue weighted by Crippen LogP contribution is 2.38. The molecule has 1 aromatic carbocycles. The second-order valence-corrected chi connectivity index (χ2v) is 6.65. The Labute approximate surface area is 126 Å². The molecule has 1 saturated carbocycles. The molecule has 0 bridgehead atoms. The van der Waals surface area contributed by atoms with Crippen LogP contribution in [0.5, 0.6) is 0 Å². The van der Waals surface area contributed by atoms with Gasteiger partial charge in [0.15, 0.2) is 0 Å². The summed E-state index contributed by atoms with van der Waals surface area (Å²) in [6.45, 7) is 3.95. The molecule has 0 atom stereocenters. The Hall–Kier alpha value is -1.84. The lowest BCUT2D eigenvalue weighted by Crippen LogP contribution is -2.55. The van der Waals surface area contributed by atoms with E-state index in [1.54, 1.807) is 0 Å². The molecular weight excluding hydrogens is 264 g/mol. The highest BCUT2D eigenvalue weighted by Gasteiger charge is 2.47. The van der Waals surface area contributed by atoms with Crippen LogP contribution in [0.3, 0.4) is 0 Å². The molecule has 1 aliphatic rings. The van der Waals surface area contributed by atoms with E-state index < -0.39 is 16.9 Å². The summed E-state index contributed by atoms with van der Waals surface area (Å²) in [5, 5.41) is 3.03. The van der Waals surface area contributed by atoms with Crippen LogP contribution in [0.15, 0.2) is 30.3 Å². The molecule has 0 aromatic heterocycles. The summed E-state index contributed by atoms with van der Waals surface area (Å²) in [5.41, 5.74) is 5.24. The average Bonchev–Trinajstić information content (AvgIpc) is 2.89. The molecule has 21 heavy (non-hydrogen) atoms. The molecule has 114 valence electrons. The zero-order chi connectivity index (χ0) is 15.5. The SMILES string of the molecule is CC(C)(Cc1ccccc1)NC(=O)C1(C(N)=O)CCCC1. The van der Waals surface area contributed by atoms with Crippen LogP contribution in [0.1, 0.15) is 45.1 Å². The number of primary amides is 1. The number of carbonyl (C=O) groups is 2. The molecule has 2 rings (SSSR count). The fourth-order valence-electron chi connectivity index (χ4n) is 3.14. The molecule has 0 aliphatic heterocycles. The Morgan fingerprint density at radius 1 is 1.19 bits per heavy atom. The number of nitrogens with one attached hydrogen (secondary N) is 1. The zero-order valence-corrected chi connectivity index (χ0v) is 12.8. The van der Waals surface area contributed by atoms with Crippen molar-refractivity contribution in [2.24, 2.45) is 11.1 Å². The van der Waals surface area contributed by atoms with E-state index in [4.69, 9.17) is 5.73 Å². The molecule has 0 saturated heterocycles. The summed E-state index contributed by atoms with van der Waals surface area (Å²) in [4.78, 5) is 24.4. The van der Waals surface area contributed by atoms with Crippen molar-refractivity contribution in [3.8, 4) is 0 Å². The van der Waals surface area contributed by atoms with Gasteiger partial charge in [-0.15, -0.1) is 0 Å². The van der Waals surface area contributed by atoms with E-state index in [0.29, 0.717) is 19.3 Å². The maximum atomic E-state index is 12.6. The van der Waals surface area contributed by atoms with Crippen molar-refractivity contribution >= 4 is 11.8 Å². The molecule has 3 N–H and O–H groups in total. The van der Waals surface area contributed by atoms with Crippen LogP contribution < -0.4 is 11.1 Å². The molecule has 1 aromatic rings. The molecule has 0 radical (unpaired) electrons. The molecule has 2 amide bonds. The van der Waals surface area contributed by atoms with Gasteiger partial charge in [0.05, 0.1) is 0 Å². The Balaban J connectivity index is 2.08. The Morgan fingerprint density at radius 2 is 1.76 bits per heavy atom. The predicted octanol–water partition coefficient (Wildman–Crippen LogP) is 2.17. The quantitative estimate of drug-likeness (QED) is 0.815. The van der Waals surface area contributed by atoms with Gasteiger partial charge in [-0.25, -0.2) is 0 Å². The summed E-state index contributed by atoms with van der Waals surface area (Å²) >= 11 is 0. The van der Waals surface area contributed by atoms with E-state index in [1.165, 1.54) is 0 Å². The Bertz CT molecular complexity index is 517. The van der Waals surface area contributed by atoms with Crippen LogP contribution in [0.4, 0.5) is 0 Å². The van der Waals surface area contributed by atoms with Crippen LogP contribution in [-0.2, 0) is 16.0 Å². The third-order valence-electron chi connectivity index (χ3n) is 4.30. The first kappa shape index (κ1) is 15.5. The van der Waals surface area contributed by atoms with Gasteiger partial charge in [0.2, 0.25) is 11.8 Å². The van der Waals surface area contributed by atoms with Crippen molar-refractivity contribution in [2.75, 3.05) is 0 Å². The van der Waals surface area contributed by atoms with Gasteiger partial charge < -0.3 is 11.1 Å². The molecule has 1 aliphatic carbocycles. The van der Waals surface area contributed by atoms with Gasteiger partial charge in [-0.2, -0.15) is 0 Å². The van der Waals surface area contributed by atoms with E-state index in [0.717, 1.165) is 18.4 Å². The van der Waals surface area contributed by atoms with Crippen molar-refractivity contribution in [1.82, 2.24) is 5.32 Å². The number of amides is 2. The fourth-order valence-corrected chi connectivity index (χ4v) is 3.14. The number of nitrogens with two attached hydrogens (primary N) is 1. The summed E-state index contributed by atoms with van der Waals surface area (Å²) < 4.78 is 0. The minimum atomic E-state index is -1.01. The normalized spacial score (nSPS) is 17.4. The smallest absolute Gasteiger partial charge is 0.236 e. The summed E-state index contributed by atoms with van der Waals surface area (Å²) in [5.74, 6) is -0.707. The lowest BCUT2D eigenvalue weighted by atomic mass is 9.82. The zero-order valence-electron chi connectivity index (χ0n) is 12.8. The number of hydrogen-bond donors (Lipinski definition) is 2. The van der Waals surface area contributed by atoms with E-state index in [-0.39, 0.29) is 5.91 Å². The standard InChI is InChI=1S/C17H24N2O2/c1-16(2,12-13-8-4-3-5-9-13)19-15(21)17(14(18)20)10-6-7-11-17/h3-5,8-9H,6-7,10-12H2,1-2H3,(H2,18,20)(H,19,21). The molecule has 0 spiro atoms. The first-order valence-corrected chi connectivity index (χ1v) is 7.52. The number of benzene rings is 1. The van der Waals surface area contributed by atoms with Crippen molar-refractivity contribution < 1.29 is 9.59 Å². The maximum Gasteiger partial charge on any atom is 0.236 e. The van der Waals surface area contributed by atoms with Gasteiger partial charge in [-0.1, -0.05) is 43.2 Å². The third kappa shape index (κ3) is 3.43. The Morgan fingerprint density at radius 3 is 2.29 bits per heavy atom. The molecule has 0 heterocycles. The van der Waals surface area contributed by atoms with Crippen LogP contribution in [-0.4, -0.2) is 17.4 Å². The van der Waals surface area contributed by atoms with Crippen molar-refractivity contribution in [3.63, 3.8) is 0 Å². The summed E-state index contributed by atoms with van der Waals surface area (Å²) in [7, 11) is 0. The Kier molecular flexibility index (Phi) is 4.35. The van der Waals surface area contributed by atoms with E-state index in [2.05, 4.69) is 5.32 Å². The van der Waals surface area contributed by atoms with Crippen molar-refractivity contribution in [3.05, 3.63) is 35.9 Å². The predicted molar refractivity (Wildman–Crippen MR) is 82.5 cm³/mol. The molecular formula is C17H24N2O2. The van der Waals surface area contributed by atoms with Crippen LogP contribution in [0.2, 0.25) is 0 Å². The van der Waals surface area contributed by atoms with Crippen LogP contribution >= 0.6 is 0 Å². The van der Waals surface area contributed by atoms with Gasteiger partial charge in [-0.05, 0) is 38.7 Å². The fraction of sp³-hybridized carbons (Fsp3) is 0.529. The lowest BCUT2D eigenvalue weighted by Gasteiger charge is -2.32. The maximum absolute atomic E-state index is 12.6. The topological polar surface area (TPSA) is 72.2 Å². The summed E-state index contributed by atoms with van der Waals surface area (Å²) in [6.07, 6.45) is 3.62. The first-order valence-electron chi connectivity index (χ1n) is 7.52. The largest absolute Gasteiger partial charge is 0.369 e. The summed E-state index contributed by atoms with van der Waals surface area (Å²) in [6, 6.07) is 10.0. The minimum Gasteiger partial charge on any atom is -0.369 e. The number of carbonyl (C=O) groups excluding carboxylic acids is 2. The molecule has 4 heteroatoms. The number of hydrogen-bond acceptors (Lipinski definition) is 2. The van der Waals surface area contributed by atoms with E-state index in [9.17, 15) is 9.59 Å². The molecule has 1 fully saturated rings. The highest BCUT2D eigenvalue weighted by atomic mass is 16.2. The van der Waals surface area contributed by atoms with Gasteiger partial charge in [0.1, 0.15) is 5.41 Å². The molecule has 4 nitrogen and oxygen atoms in total. The van der Waals surface area contributed by atoms with Gasteiger partial charge in [0.25, 0.3) is 0 Å². The monoisotopic (exact) mass is 288 g/mol. The third-order valence-corrected chi connectivity index (χ3v) is 4.30. The van der Waals surface area contributed by atoms with Gasteiger partial charge in [-0.3, -0.25) is 9.59 Å². The molecule has 0 unspecified atom stereocenters. The van der Waals surface area contributed by atoms with Gasteiger partial charge >= 0.3 is 0 Å². The van der Waals surface area contributed by atoms with E-state index >= 15 is 0 Å². The first-order chi connectivity index (χ1) is 9.86. The highest BCUT2D eigenvalue weighted by molar-refractivity contribution is 6.04. The van der Waals surface area contributed by atoms with Crippen LogP contribution in [0.25, 0.3) is 0 Å². The second kappa shape index (κ2) is 5.88. The lowest BCUT2D eigenvalue weighted by molar-refractivity contribution is -0.142. The van der Waals surface area contributed by atoms with Gasteiger partial charge in [0, 0.05) is 5.54 Å². The van der Waals surface area contributed by atoms with Crippen molar-refractivity contribution in [2.45, 2.75) is 51.5 Å². The van der Waals surface area contributed by atoms with Crippen LogP contribution in [0, 0.1) is 5.41 Å². The van der Waals surface area contributed by atoms with E-state index in [1.807, 2.05) is 44.2 Å².